The predicted octanol–water partition coefficient (Wildman–Crippen LogP) is 4.18. The monoisotopic (exact) mass is 378 g/mol. The van der Waals surface area contributed by atoms with Crippen molar-refractivity contribution in [2.45, 2.75) is 32.2 Å². The molecule has 1 N–H and O–H groups in total. The van der Waals surface area contributed by atoms with Crippen LogP contribution in [0.5, 0.6) is 11.5 Å². The third kappa shape index (κ3) is 3.21. The molecule has 2 aromatic carbocycles. The van der Waals surface area contributed by atoms with Crippen LogP contribution in [0.3, 0.4) is 0 Å². The Kier molecular flexibility index (Phi) is 4.99. The number of methoxy groups -OCH3 is 2. The molecule has 0 saturated carbocycles. The summed E-state index contributed by atoms with van der Waals surface area (Å²) in [5.41, 5.74) is 6.09. The number of fused-ring (bicyclic) bond motifs is 2. The fourth-order valence-electron chi connectivity index (χ4n) is 4.29. The quantitative estimate of drug-likeness (QED) is 0.655. The molecule has 4 rings (SSSR count). The summed E-state index contributed by atoms with van der Waals surface area (Å²) in [6.07, 6.45) is 5.65. The number of nitrogens with zero attached hydrogens (tertiary/aromatic N) is 1. The van der Waals surface area contributed by atoms with Crippen molar-refractivity contribution in [1.82, 2.24) is 9.88 Å². The average Bonchev–Trinajstić information content (AvgIpc) is 3.12. The normalized spacial score (nSPS) is 16.1. The second-order valence-electron chi connectivity index (χ2n) is 7.42. The highest BCUT2D eigenvalue weighted by Crippen LogP contribution is 2.39. The molecule has 28 heavy (non-hydrogen) atoms. The fraction of sp³-hybridized carbons (Fsp3) is 0.348. The third-order valence-electron chi connectivity index (χ3n) is 5.79. The van der Waals surface area contributed by atoms with Gasteiger partial charge < -0.3 is 19.4 Å². The third-order valence-corrected chi connectivity index (χ3v) is 5.79. The van der Waals surface area contributed by atoms with E-state index in [4.69, 9.17) is 9.47 Å². The standard InChI is InChI=1S/C23H26N2O3/c1-15-4-6-18-17(13-24-20(18)10-15)5-7-21-19-12-23(28-3)22(27-2)11-16(19)8-9-25(21)14-26/h4,6,10-14,21,24H,5,7-9H2,1-3H3/t21-/m0/s1. The molecule has 0 spiro atoms. The summed E-state index contributed by atoms with van der Waals surface area (Å²) in [4.78, 5) is 17.0. The number of nitrogens with one attached hydrogen (secondary N) is 1. The number of aromatic amines is 1. The van der Waals surface area contributed by atoms with Crippen molar-refractivity contribution in [2.75, 3.05) is 20.8 Å². The lowest BCUT2D eigenvalue weighted by Crippen LogP contribution is -2.34. The molecule has 5 heteroatoms. The van der Waals surface area contributed by atoms with Crippen LogP contribution in [0.1, 0.15) is 34.7 Å². The second-order valence-corrected chi connectivity index (χ2v) is 7.42. The molecular weight excluding hydrogens is 352 g/mol. The Labute approximate surface area is 165 Å². The molecule has 1 aromatic heterocycles. The van der Waals surface area contributed by atoms with E-state index in [-0.39, 0.29) is 6.04 Å². The van der Waals surface area contributed by atoms with Gasteiger partial charge >= 0.3 is 0 Å². The molecule has 0 saturated heterocycles. The van der Waals surface area contributed by atoms with E-state index in [9.17, 15) is 4.79 Å². The number of carbonyl (C=O) groups is 1. The summed E-state index contributed by atoms with van der Waals surface area (Å²) in [7, 11) is 3.30. The molecule has 1 amide bonds. The first-order chi connectivity index (χ1) is 13.6. The summed E-state index contributed by atoms with van der Waals surface area (Å²) in [6.45, 7) is 2.83. The SMILES string of the molecule is COc1cc2c(cc1OC)[C@H](CCc1c[nH]c3cc(C)ccc13)N(C=O)CC2. The average molecular weight is 378 g/mol. The number of benzene rings is 2. The number of aromatic nitrogens is 1. The van der Waals surface area contributed by atoms with Gasteiger partial charge in [0, 0.05) is 23.6 Å². The highest BCUT2D eigenvalue weighted by atomic mass is 16.5. The zero-order valence-corrected chi connectivity index (χ0v) is 16.6. The van der Waals surface area contributed by atoms with E-state index in [2.05, 4.69) is 42.4 Å². The molecule has 2 heterocycles. The van der Waals surface area contributed by atoms with Gasteiger partial charge in [0.25, 0.3) is 0 Å². The summed E-state index contributed by atoms with van der Waals surface area (Å²) in [5, 5.41) is 1.26. The Morgan fingerprint density at radius 3 is 2.71 bits per heavy atom. The number of aryl methyl sites for hydroxylation is 2. The second kappa shape index (κ2) is 7.58. The van der Waals surface area contributed by atoms with Gasteiger partial charge in [-0.1, -0.05) is 12.1 Å². The van der Waals surface area contributed by atoms with Crippen molar-refractivity contribution >= 4 is 17.3 Å². The molecule has 0 fully saturated rings. The van der Waals surface area contributed by atoms with Gasteiger partial charge in [-0.2, -0.15) is 0 Å². The molecule has 0 bridgehead atoms. The van der Waals surface area contributed by atoms with Gasteiger partial charge in [-0.15, -0.1) is 0 Å². The summed E-state index contributed by atoms with van der Waals surface area (Å²) in [5.74, 6) is 1.45. The maximum absolute atomic E-state index is 11.7. The minimum Gasteiger partial charge on any atom is -0.493 e. The van der Waals surface area contributed by atoms with Gasteiger partial charge in [0.15, 0.2) is 11.5 Å². The number of H-pyrrole nitrogens is 1. The predicted molar refractivity (Wildman–Crippen MR) is 110 cm³/mol. The fourth-order valence-corrected chi connectivity index (χ4v) is 4.29. The maximum Gasteiger partial charge on any atom is 0.210 e. The van der Waals surface area contributed by atoms with Crippen LogP contribution in [0.2, 0.25) is 0 Å². The van der Waals surface area contributed by atoms with Crippen LogP contribution < -0.4 is 9.47 Å². The number of rotatable bonds is 6. The Morgan fingerprint density at radius 1 is 1.18 bits per heavy atom. The van der Waals surface area contributed by atoms with Crippen molar-refractivity contribution in [3.8, 4) is 11.5 Å². The van der Waals surface area contributed by atoms with Crippen LogP contribution in [0.25, 0.3) is 10.9 Å². The maximum atomic E-state index is 11.7. The van der Waals surface area contributed by atoms with Gasteiger partial charge in [-0.05, 0) is 66.6 Å². The number of hydrogen-bond donors (Lipinski definition) is 1. The summed E-state index contributed by atoms with van der Waals surface area (Å²) < 4.78 is 11.0. The molecule has 0 unspecified atom stereocenters. The van der Waals surface area contributed by atoms with Crippen LogP contribution in [0, 0.1) is 6.92 Å². The highest BCUT2D eigenvalue weighted by Gasteiger charge is 2.28. The van der Waals surface area contributed by atoms with Crippen molar-refractivity contribution in [3.63, 3.8) is 0 Å². The van der Waals surface area contributed by atoms with E-state index in [0.29, 0.717) is 5.75 Å². The molecule has 5 nitrogen and oxygen atoms in total. The highest BCUT2D eigenvalue weighted by molar-refractivity contribution is 5.83. The minimum atomic E-state index is 0.0384. The van der Waals surface area contributed by atoms with Crippen molar-refractivity contribution in [3.05, 3.63) is 58.8 Å². The smallest absolute Gasteiger partial charge is 0.210 e. The molecule has 0 aliphatic carbocycles. The summed E-state index contributed by atoms with van der Waals surface area (Å²) in [6, 6.07) is 10.6. The number of ether oxygens (including phenoxy) is 2. The Bertz CT molecular complexity index is 1010. The Morgan fingerprint density at radius 2 is 1.96 bits per heavy atom. The Hall–Kier alpha value is -2.95. The van der Waals surface area contributed by atoms with E-state index in [1.807, 2.05) is 11.0 Å². The number of amides is 1. The van der Waals surface area contributed by atoms with Crippen LogP contribution in [0.15, 0.2) is 36.5 Å². The van der Waals surface area contributed by atoms with E-state index < -0.39 is 0 Å². The lowest BCUT2D eigenvalue weighted by Gasteiger charge is -2.35. The molecule has 1 atom stereocenters. The van der Waals surface area contributed by atoms with Crippen LogP contribution in [-0.4, -0.2) is 37.1 Å². The van der Waals surface area contributed by atoms with Crippen LogP contribution in [-0.2, 0) is 17.6 Å². The molecule has 3 aromatic rings. The van der Waals surface area contributed by atoms with Crippen LogP contribution in [0.4, 0.5) is 0 Å². The first-order valence-corrected chi connectivity index (χ1v) is 9.67. The van der Waals surface area contributed by atoms with Crippen molar-refractivity contribution in [2.24, 2.45) is 0 Å². The lowest BCUT2D eigenvalue weighted by atomic mass is 9.88. The van der Waals surface area contributed by atoms with Gasteiger partial charge in [0.1, 0.15) is 0 Å². The molecule has 0 radical (unpaired) electrons. The van der Waals surface area contributed by atoms with Crippen molar-refractivity contribution in [1.29, 1.82) is 0 Å². The van der Waals surface area contributed by atoms with Gasteiger partial charge in [0.2, 0.25) is 6.41 Å². The molecule has 1 aliphatic heterocycles. The van der Waals surface area contributed by atoms with Gasteiger partial charge in [-0.25, -0.2) is 0 Å². The van der Waals surface area contributed by atoms with Crippen LogP contribution >= 0.6 is 0 Å². The molecular formula is C23H26N2O3. The largest absolute Gasteiger partial charge is 0.493 e. The van der Waals surface area contributed by atoms with E-state index in [1.54, 1.807) is 14.2 Å². The first-order valence-electron chi connectivity index (χ1n) is 9.67. The van der Waals surface area contributed by atoms with E-state index in [0.717, 1.165) is 49.0 Å². The molecule has 1 aliphatic rings. The lowest BCUT2D eigenvalue weighted by molar-refractivity contribution is -0.120. The zero-order valence-electron chi connectivity index (χ0n) is 16.6. The van der Waals surface area contributed by atoms with Gasteiger partial charge in [-0.3, -0.25) is 4.79 Å². The van der Waals surface area contributed by atoms with E-state index >= 15 is 0 Å². The molecule has 146 valence electrons. The van der Waals surface area contributed by atoms with E-state index in [1.165, 1.54) is 22.1 Å². The van der Waals surface area contributed by atoms with Crippen molar-refractivity contribution < 1.29 is 14.3 Å². The topological polar surface area (TPSA) is 54.6 Å². The number of hydrogen-bond acceptors (Lipinski definition) is 3. The first kappa shape index (κ1) is 18.4. The number of carbonyl (C=O) groups excluding carboxylic acids is 1. The Balaban J connectivity index is 1.65. The minimum absolute atomic E-state index is 0.0384. The zero-order chi connectivity index (χ0) is 19.7. The van der Waals surface area contributed by atoms with Gasteiger partial charge in [0.05, 0.1) is 20.3 Å². The summed E-state index contributed by atoms with van der Waals surface area (Å²) >= 11 is 0.